The molecule has 176 valence electrons. The number of nitrogen functional groups attached to an aromatic ring is 1. The van der Waals surface area contributed by atoms with Crippen molar-refractivity contribution in [3.05, 3.63) is 70.8 Å². The SMILES string of the molecule is CCCC(=O)c1cccc(C(=O)c2ccc3sc(N)c(C4=CCN5CCCCC5CC4)c3c2)c1. The van der Waals surface area contributed by atoms with E-state index >= 15 is 0 Å². The predicted octanol–water partition coefficient (Wildman–Crippen LogP) is 6.73. The lowest BCUT2D eigenvalue weighted by Gasteiger charge is -2.33. The Kier molecular flexibility index (Phi) is 6.66. The molecule has 5 heteroatoms. The van der Waals surface area contributed by atoms with E-state index < -0.39 is 0 Å². The Bertz CT molecular complexity index is 1270. The fraction of sp³-hybridized carbons (Fsp3) is 0.379. The lowest BCUT2D eigenvalue weighted by atomic mass is 9.93. The lowest BCUT2D eigenvalue weighted by molar-refractivity contribution is 0.0981. The van der Waals surface area contributed by atoms with Crippen molar-refractivity contribution in [2.45, 2.75) is 57.9 Å². The van der Waals surface area contributed by atoms with Crippen molar-refractivity contribution in [2.75, 3.05) is 18.8 Å². The highest BCUT2D eigenvalue weighted by atomic mass is 32.1. The van der Waals surface area contributed by atoms with Gasteiger partial charge in [0.25, 0.3) is 0 Å². The van der Waals surface area contributed by atoms with Gasteiger partial charge in [0.15, 0.2) is 11.6 Å². The summed E-state index contributed by atoms with van der Waals surface area (Å²) in [5.41, 5.74) is 10.8. The smallest absolute Gasteiger partial charge is 0.193 e. The predicted molar refractivity (Wildman–Crippen MR) is 142 cm³/mol. The topological polar surface area (TPSA) is 63.4 Å². The zero-order valence-corrected chi connectivity index (χ0v) is 20.6. The van der Waals surface area contributed by atoms with Crippen molar-refractivity contribution in [1.29, 1.82) is 0 Å². The van der Waals surface area contributed by atoms with Gasteiger partial charge in [-0.1, -0.05) is 37.6 Å². The first-order valence-electron chi connectivity index (χ1n) is 12.5. The standard InChI is InChI=1S/C29H32N2O2S/c1-2-6-25(32)20-7-5-8-21(17-20)28(33)22-11-13-26-24(18-22)27(29(30)34-26)19-10-12-23-9-3-4-15-31(23)16-14-19/h5,7-8,11,13-14,17-18,23H,2-4,6,9-10,12,15-16,30H2,1H3. The molecule has 1 saturated heterocycles. The van der Waals surface area contributed by atoms with E-state index in [1.54, 1.807) is 35.6 Å². The van der Waals surface area contributed by atoms with Crippen LogP contribution in [0.3, 0.4) is 0 Å². The first-order chi connectivity index (χ1) is 16.5. The highest BCUT2D eigenvalue weighted by molar-refractivity contribution is 7.23. The van der Waals surface area contributed by atoms with Gasteiger partial charge in [0.05, 0.1) is 5.00 Å². The molecule has 0 spiro atoms. The van der Waals surface area contributed by atoms with Crippen LogP contribution in [-0.2, 0) is 0 Å². The Hall–Kier alpha value is -2.76. The molecule has 4 nitrogen and oxygen atoms in total. The molecule has 1 aromatic heterocycles. The second-order valence-electron chi connectivity index (χ2n) is 9.55. The van der Waals surface area contributed by atoms with E-state index in [4.69, 9.17) is 5.73 Å². The van der Waals surface area contributed by atoms with Crippen LogP contribution in [0, 0.1) is 0 Å². The number of hydrogen-bond donors (Lipinski definition) is 1. The summed E-state index contributed by atoms with van der Waals surface area (Å²) in [5.74, 6) is 0.0212. The maximum absolute atomic E-state index is 13.4. The molecular weight excluding hydrogens is 440 g/mol. The van der Waals surface area contributed by atoms with E-state index in [0.29, 0.717) is 29.2 Å². The number of ketones is 2. The lowest BCUT2D eigenvalue weighted by Crippen LogP contribution is -2.38. The van der Waals surface area contributed by atoms with Crippen LogP contribution in [0.15, 0.2) is 48.5 Å². The number of carbonyl (C=O) groups is 2. The van der Waals surface area contributed by atoms with E-state index in [9.17, 15) is 9.59 Å². The fourth-order valence-electron chi connectivity index (χ4n) is 5.47. The molecule has 2 aliphatic rings. The average Bonchev–Trinajstić information content (AvgIpc) is 3.04. The van der Waals surface area contributed by atoms with Crippen LogP contribution in [0.1, 0.15) is 83.7 Å². The van der Waals surface area contributed by atoms with Gasteiger partial charge in [0, 0.05) is 51.3 Å². The third-order valence-electron chi connectivity index (χ3n) is 7.29. The molecule has 0 radical (unpaired) electrons. The van der Waals surface area contributed by atoms with Crippen molar-refractivity contribution in [3.8, 4) is 0 Å². The van der Waals surface area contributed by atoms with E-state index in [2.05, 4.69) is 11.0 Å². The van der Waals surface area contributed by atoms with Gasteiger partial charge < -0.3 is 5.73 Å². The molecule has 2 aromatic carbocycles. The summed E-state index contributed by atoms with van der Waals surface area (Å²) in [6.45, 7) is 4.15. The monoisotopic (exact) mass is 472 g/mol. The van der Waals surface area contributed by atoms with E-state index in [1.807, 2.05) is 25.1 Å². The van der Waals surface area contributed by atoms with Crippen molar-refractivity contribution in [3.63, 3.8) is 0 Å². The number of Topliss-reactive ketones (excluding diaryl/α,β-unsaturated/α-hetero) is 1. The van der Waals surface area contributed by atoms with E-state index in [0.717, 1.165) is 40.0 Å². The largest absolute Gasteiger partial charge is 0.390 e. The van der Waals surface area contributed by atoms with Gasteiger partial charge in [0.1, 0.15) is 0 Å². The van der Waals surface area contributed by atoms with Gasteiger partial charge in [0.2, 0.25) is 0 Å². The average molecular weight is 473 g/mol. The molecule has 2 aliphatic heterocycles. The molecule has 1 fully saturated rings. The summed E-state index contributed by atoms with van der Waals surface area (Å²) in [6.07, 6.45) is 9.76. The third kappa shape index (κ3) is 4.47. The summed E-state index contributed by atoms with van der Waals surface area (Å²) in [4.78, 5) is 28.3. The van der Waals surface area contributed by atoms with Crippen molar-refractivity contribution < 1.29 is 9.59 Å². The molecule has 3 aromatic rings. The van der Waals surface area contributed by atoms with Gasteiger partial charge in [-0.05, 0) is 68.5 Å². The van der Waals surface area contributed by atoms with Crippen LogP contribution in [0.25, 0.3) is 15.7 Å². The first kappa shape index (κ1) is 23.0. The zero-order valence-electron chi connectivity index (χ0n) is 19.8. The quantitative estimate of drug-likeness (QED) is 0.404. The maximum Gasteiger partial charge on any atom is 0.193 e. The number of allylic oxidation sites excluding steroid dienone is 1. The summed E-state index contributed by atoms with van der Waals surface area (Å²) in [7, 11) is 0. The Morgan fingerprint density at radius 3 is 2.74 bits per heavy atom. The second kappa shape index (κ2) is 9.85. The minimum atomic E-state index is -0.0595. The van der Waals surface area contributed by atoms with Crippen LogP contribution in [-0.4, -0.2) is 35.6 Å². The molecule has 3 heterocycles. The van der Waals surface area contributed by atoms with E-state index in [1.165, 1.54) is 37.8 Å². The molecule has 2 N–H and O–H groups in total. The highest BCUT2D eigenvalue weighted by Crippen LogP contribution is 2.41. The summed E-state index contributed by atoms with van der Waals surface area (Å²) < 4.78 is 1.11. The number of benzene rings is 2. The normalized spacial score (nSPS) is 18.9. The molecular formula is C29H32N2O2S. The number of carbonyl (C=O) groups excluding carboxylic acids is 2. The number of hydrogen-bond acceptors (Lipinski definition) is 5. The Morgan fingerprint density at radius 2 is 1.88 bits per heavy atom. The number of nitrogens with zero attached hydrogens (tertiary/aromatic N) is 1. The number of nitrogens with two attached hydrogens (primary N) is 1. The summed E-state index contributed by atoms with van der Waals surface area (Å²) >= 11 is 1.60. The van der Waals surface area contributed by atoms with Crippen LogP contribution in [0.2, 0.25) is 0 Å². The van der Waals surface area contributed by atoms with Crippen LogP contribution in [0.4, 0.5) is 5.00 Å². The van der Waals surface area contributed by atoms with Crippen LogP contribution in [0.5, 0.6) is 0 Å². The molecule has 1 unspecified atom stereocenters. The van der Waals surface area contributed by atoms with Gasteiger partial charge in [-0.15, -0.1) is 11.3 Å². The zero-order chi connectivity index (χ0) is 23.7. The third-order valence-corrected chi connectivity index (χ3v) is 8.29. The van der Waals surface area contributed by atoms with Gasteiger partial charge in [-0.2, -0.15) is 0 Å². The first-order valence-corrected chi connectivity index (χ1v) is 13.3. The maximum atomic E-state index is 13.4. The summed E-state index contributed by atoms with van der Waals surface area (Å²) in [5, 5.41) is 1.90. The number of rotatable bonds is 6. The Balaban J connectivity index is 1.48. The van der Waals surface area contributed by atoms with Crippen molar-refractivity contribution in [1.82, 2.24) is 4.90 Å². The number of thiophene rings is 1. The highest BCUT2D eigenvalue weighted by Gasteiger charge is 2.26. The molecule has 5 rings (SSSR count). The minimum absolute atomic E-state index is 0.0595. The Labute approximate surface area is 205 Å². The van der Waals surface area contributed by atoms with Crippen LogP contribution < -0.4 is 5.73 Å². The number of fused-ring (bicyclic) bond motifs is 2. The fourth-order valence-corrected chi connectivity index (χ4v) is 6.45. The van der Waals surface area contributed by atoms with Crippen molar-refractivity contribution >= 4 is 43.6 Å². The molecule has 0 bridgehead atoms. The van der Waals surface area contributed by atoms with Gasteiger partial charge in [-0.3, -0.25) is 14.5 Å². The van der Waals surface area contributed by atoms with Gasteiger partial charge >= 0.3 is 0 Å². The molecule has 0 amide bonds. The second-order valence-corrected chi connectivity index (χ2v) is 10.6. The number of anilines is 1. The van der Waals surface area contributed by atoms with Crippen molar-refractivity contribution in [2.24, 2.45) is 0 Å². The van der Waals surface area contributed by atoms with E-state index in [-0.39, 0.29) is 11.6 Å². The van der Waals surface area contributed by atoms with Crippen LogP contribution >= 0.6 is 11.3 Å². The Morgan fingerprint density at radius 1 is 1.06 bits per heavy atom. The molecule has 0 aliphatic carbocycles. The number of piperidine rings is 1. The minimum Gasteiger partial charge on any atom is -0.390 e. The molecule has 34 heavy (non-hydrogen) atoms. The summed E-state index contributed by atoms with van der Waals surface area (Å²) in [6, 6.07) is 13.7. The van der Waals surface area contributed by atoms with Gasteiger partial charge in [-0.25, -0.2) is 0 Å². The molecule has 0 saturated carbocycles. The molecule has 1 atom stereocenters.